The second-order valence-corrected chi connectivity index (χ2v) is 8.21. The van der Waals surface area contributed by atoms with Crippen LogP contribution in [-0.2, 0) is 17.8 Å². The quantitative estimate of drug-likeness (QED) is 0.477. The van der Waals surface area contributed by atoms with Gasteiger partial charge >= 0.3 is 0 Å². The maximum atomic E-state index is 14.4. The molecule has 0 saturated carbocycles. The van der Waals surface area contributed by atoms with Gasteiger partial charge in [0.05, 0.1) is 17.7 Å². The number of hydrogen-bond acceptors (Lipinski definition) is 4. The van der Waals surface area contributed by atoms with Crippen LogP contribution in [0.5, 0.6) is 0 Å². The van der Waals surface area contributed by atoms with Crippen LogP contribution in [0.4, 0.5) is 4.39 Å². The highest BCUT2D eigenvalue weighted by Gasteiger charge is 2.28. The van der Waals surface area contributed by atoms with E-state index < -0.39 is 0 Å². The topological polar surface area (TPSA) is 73.4 Å². The third-order valence-electron chi connectivity index (χ3n) is 6.03. The number of methoxy groups -OCH3 is 1. The molecule has 0 unspecified atom stereocenters. The largest absolute Gasteiger partial charge is 0.383 e. The number of fused-ring (bicyclic) bond motifs is 1. The number of piperidine rings is 1. The van der Waals surface area contributed by atoms with E-state index in [9.17, 15) is 9.18 Å². The molecule has 6 nitrogen and oxygen atoms in total. The monoisotopic (exact) mass is 516 g/mol. The van der Waals surface area contributed by atoms with Crippen LogP contribution in [0.25, 0.3) is 10.9 Å². The second-order valence-electron chi connectivity index (χ2n) is 7.85. The van der Waals surface area contributed by atoms with Crippen molar-refractivity contribution in [1.29, 1.82) is 0 Å². The lowest BCUT2D eigenvalue weighted by Gasteiger charge is -2.32. The smallest absolute Gasteiger partial charge is 0.256 e. The summed E-state index contributed by atoms with van der Waals surface area (Å²) in [5, 5.41) is 1.14. The first kappa shape index (κ1) is 27.3. The molecule has 2 N–H and O–H groups in total. The van der Waals surface area contributed by atoms with Crippen LogP contribution in [0.1, 0.15) is 40.2 Å². The number of carbonyl (C=O) groups excluding carboxylic acids is 1. The molecule has 0 radical (unpaired) electrons. The summed E-state index contributed by atoms with van der Waals surface area (Å²) < 4.78 is 21.5. The number of aromatic nitrogens is 2. The number of rotatable bonds is 6. The van der Waals surface area contributed by atoms with E-state index >= 15 is 0 Å². The predicted molar refractivity (Wildman–Crippen MR) is 133 cm³/mol. The lowest BCUT2D eigenvalue weighted by Crippen LogP contribution is -2.38. The number of benzene rings is 1. The number of likely N-dealkylation sites (tertiary alicyclic amines) is 1. The third kappa shape index (κ3) is 5.61. The van der Waals surface area contributed by atoms with Gasteiger partial charge in [-0.05, 0) is 42.0 Å². The van der Waals surface area contributed by atoms with Gasteiger partial charge in [-0.1, -0.05) is 23.7 Å². The number of nitrogens with two attached hydrogens (primary N) is 1. The Labute approximate surface area is 210 Å². The highest BCUT2D eigenvalue weighted by Crippen LogP contribution is 2.33. The van der Waals surface area contributed by atoms with Gasteiger partial charge in [-0.15, -0.1) is 24.8 Å². The minimum atomic E-state index is -0.203. The molecule has 3 aromatic rings. The standard InChI is InChI=1S/C23H26ClFN4O2.2ClH/c1-31-11-10-29-14-19(17-4-7-27-22(24)21(17)29)23(30)28-8-5-16(6-9-28)18-12-15(13-26)2-3-20(18)25;;/h2-4,7,12,14,16H,5-6,8-11,13,26H2,1H3;2*1H. The van der Waals surface area contributed by atoms with E-state index in [-0.39, 0.29) is 42.5 Å². The van der Waals surface area contributed by atoms with Crippen molar-refractivity contribution in [3.05, 3.63) is 64.3 Å². The molecule has 10 heteroatoms. The zero-order valence-electron chi connectivity index (χ0n) is 18.3. The Bertz CT molecular complexity index is 1100. The SMILES string of the molecule is COCCn1cc(C(=O)N2CCC(c3cc(CN)ccc3F)CC2)c2ccnc(Cl)c21.Cl.Cl. The summed E-state index contributed by atoms with van der Waals surface area (Å²) in [6, 6.07) is 6.88. The van der Waals surface area contributed by atoms with Crippen LogP contribution in [0.2, 0.25) is 5.15 Å². The van der Waals surface area contributed by atoms with Gasteiger partial charge < -0.3 is 19.9 Å². The molecule has 3 heterocycles. The Morgan fingerprint density at radius 1 is 1.27 bits per heavy atom. The van der Waals surface area contributed by atoms with Crippen LogP contribution >= 0.6 is 36.4 Å². The Kier molecular flexibility index (Phi) is 9.94. The van der Waals surface area contributed by atoms with E-state index in [0.717, 1.165) is 16.5 Å². The van der Waals surface area contributed by atoms with E-state index in [4.69, 9.17) is 22.1 Å². The van der Waals surface area contributed by atoms with E-state index in [1.165, 1.54) is 6.07 Å². The molecule has 0 spiro atoms. The summed E-state index contributed by atoms with van der Waals surface area (Å²) in [6.45, 7) is 2.60. The van der Waals surface area contributed by atoms with Gasteiger partial charge in [0.2, 0.25) is 0 Å². The molecular weight excluding hydrogens is 490 g/mol. The van der Waals surface area contributed by atoms with Crippen molar-refractivity contribution in [3.63, 3.8) is 0 Å². The van der Waals surface area contributed by atoms with Crippen molar-refractivity contribution in [1.82, 2.24) is 14.5 Å². The molecule has 1 aliphatic rings. The average Bonchev–Trinajstić information content (AvgIpc) is 3.17. The van der Waals surface area contributed by atoms with Crippen LogP contribution in [0.15, 0.2) is 36.7 Å². The molecule has 1 aromatic carbocycles. The molecule has 1 amide bonds. The molecular formula is C23H28Cl3FN4O2. The zero-order chi connectivity index (χ0) is 22.0. The van der Waals surface area contributed by atoms with Gasteiger partial charge in [-0.3, -0.25) is 4.79 Å². The van der Waals surface area contributed by atoms with Crippen LogP contribution in [0.3, 0.4) is 0 Å². The Hall–Kier alpha value is -1.90. The molecule has 0 atom stereocenters. The number of pyridine rings is 1. The van der Waals surface area contributed by atoms with Crippen molar-refractivity contribution < 1.29 is 13.9 Å². The van der Waals surface area contributed by atoms with Gasteiger partial charge in [0.25, 0.3) is 5.91 Å². The van der Waals surface area contributed by atoms with Crippen LogP contribution in [-0.4, -0.2) is 47.2 Å². The molecule has 1 fully saturated rings. The van der Waals surface area contributed by atoms with Crippen LogP contribution < -0.4 is 5.73 Å². The normalized spacial score (nSPS) is 14.1. The molecule has 0 aliphatic carbocycles. The fourth-order valence-electron chi connectivity index (χ4n) is 4.34. The van der Waals surface area contributed by atoms with Crippen molar-refractivity contribution in [2.75, 3.05) is 26.8 Å². The van der Waals surface area contributed by atoms with E-state index in [0.29, 0.717) is 61.9 Å². The summed E-state index contributed by atoms with van der Waals surface area (Å²) >= 11 is 6.33. The minimum Gasteiger partial charge on any atom is -0.383 e. The molecule has 0 bridgehead atoms. The Morgan fingerprint density at radius 3 is 2.67 bits per heavy atom. The van der Waals surface area contributed by atoms with Crippen LogP contribution in [0, 0.1) is 5.82 Å². The van der Waals surface area contributed by atoms with E-state index in [1.807, 2.05) is 27.8 Å². The minimum absolute atomic E-state index is 0. The molecule has 33 heavy (non-hydrogen) atoms. The number of hydrogen-bond donors (Lipinski definition) is 1. The second kappa shape index (κ2) is 12.0. The van der Waals surface area contributed by atoms with Crippen molar-refractivity contribution in [2.45, 2.75) is 31.8 Å². The summed E-state index contributed by atoms with van der Waals surface area (Å²) in [4.78, 5) is 19.3. The first-order valence-corrected chi connectivity index (χ1v) is 10.8. The molecule has 1 saturated heterocycles. The van der Waals surface area contributed by atoms with Crippen molar-refractivity contribution >= 4 is 53.2 Å². The highest BCUT2D eigenvalue weighted by atomic mass is 35.5. The number of nitrogens with zero attached hydrogens (tertiary/aromatic N) is 3. The maximum Gasteiger partial charge on any atom is 0.256 e. The molecule has 2 aromatic heterocycles. The maximum absolute atomic E-state index is 14.4. The van der Waals surface area contributed by atoms with Gasteiger partial charge in [0.15, 0.2) is 5.15 Å². The fraction of sp³-hybridized carbons (Fsp3) is 0.391. The predicted octanol–water partition coefficient (Wildman–Crippen LogP) is 4.80. The van der Waals surface area contributed by atoms with E-state index in [1.54, 1.807) is 19.4 Å². The zero-order valence-corrected chi connectivity index (χ0v) is 20.7. The Morgan fingerprint density at radius 2 is 2.00 bits per heavy atom. The molecule has 4 rings (SSSR count). The number of halogens is 4. The molecule has 180 valence electrons. The lowest BCUT2D eigenvalue weighted by molar-refractivity contribution is 0.0714. The third-order valence-corrected chi connectivity index (χ3v) is 6.30. The van der Waals surface area contributed by atoms with Gasteiger partial charge in [0.1, 0.15) is 5.82 Å². The summed E-state index contributed by atoms with van der Waals surface area (Å²) in [5.41, 5.74) is 8.67. The van der Waals surface area contributed by atoms with Gasteiger partial charge in [0, 0.05) is 51.1 Å². The fourth-order valence-corrected chi connectivity index (χ4v) is 4.61. The number of amides is 1. The molecule has 1 aliphatic heterocycles. The number of ether oxygens (including phenoxy) is 1. The van der Waals surface area contributed by atoms with Crippen molar-refractivity contribution in [3.8, 4) is 0 Å². The van der Waals surface area contributed by atoms with Crippen molar-refractivity contribution in [2.24, 2.45) is 5.73 Å². The summed E-state index contributed by atoms with van der Waals surface area (Å²) in [6.07, 6.45) is 4.86. The lowest BCUT2D eigenvalue weighted by atomic mass is 9.88. The summed E-state index contributed by atoms with van der Waals surface area (Å²) in [7, 11) is 1.63. The van der Waals surface area contributed by atoms with Gasteiger partial charge in [-0.25, -0.2) is 9.37 Å². The number of carbonyl (C=O) groups is 1. The Balaban J connectivity index is 0.00000193. The van der Waals surface area contributed by atoms with Gasteiger partial charge in [-0.2, -0.15) is 0 Å². The first-order valence-electron chi connectivity index (χ1n) is 10.4. The highest BCUT2D eigenvalue weighted by molar-refractivity contribution is 6.34. The van der Waals surface area contributed by atoms with E-state index in [2.05, 4.69) is 4.98 Å². The first-order chi connectivity index (χ1) is 15.0. The summed E-state index contributed by atoms with van der Waals surface area (Å²) in [5.74, 6) is -0.166. The average molecular weight is 518 g/mol.